The summed E-state index contributed by atoms with van der Waals surface area (Å²) >= 11 is 0. The maximum absolute atomic E-state index is 12.7. The van der Waals surface area contributed by atoms with Crippen LogP contribution in [0.4, 0.5) is 22.9 Å². The van der Waals surface area contributed by atoms with Crippen molar-refractivity contribution in [2.75, 3.05) is 41.8 Å². The molecule has 6 heteroatoms. The molecular formula is C23H24N4O2. The van der Waals surface area contributed by atoms with Gasteiger partial charge in [0.25, 0.3) is 5.91 Å². The smallest absolute Gasteiger partial charge is 0.255 e. The Kier molecular flexibility index (Phi) is 5.72. The standard InChI is InChI=1S/C23H24N4O2/c1-17-5-4-6-19(15-17)25-23(28)18-9-10-24-22(16-18)26-20-7-2-3-8-21(20)27-11-13-29-14-12-27/h2-10,15-16H,11-14H2,1H3,(H,24,26)(H,25,28). The molecule has 0 bridgehead atoms. The van der Waals surface area contributed by atoms with Gasteiger partial charge < -0.3 is 20.3 Å². The van der Waals surface area contributed by atoms with Crippen molar-refractivity contribution in [2.45, 2.75) is 6.92 Å². The highest BCUT2D eigenvalue weighted by atomic mass is 16.5. The molecule has 0 atom stereocenters. The zero-order valence-corrected chi connectivity index (χ0v) is 16.4. The number of nitrogens with one attached hydrogen (secondary N) is 2. The minimum atomic E-state index is -0.164. The molecule has 6 nitrogen and oxygen atoms in total. The first kappa shape index (κ1) is 19.0. The number of anilines is 4. The first-order valence-corrected chi connectivity index (χ1v) is 9.72. The molecule has 1 aliphatic heterocycles. The molecule has 0 saturated carbocycles. The van der Waals surface area contributed by atoms with Gasteiger partial charge in [0.1, 0.15) is 5.82 Å². The number of nitrogens with zero attached hydrogens (tertiary/aromatic N) is 2. The predicted molar refractivity (Wildman–Crippen MR) is 116 cm³/mol. The molecule has 2 N–H and O–H groups in total. The van der Waals surface area contributed by atoms with Crippen molar-refractivity contribution in [1.29, 1.82) is 0 Å². The Balaban J connectivity index is 1.52. The molecule has 1 aliphatic rings. The normalized spacial score (nSPS) is 13.8. The van der Waals surface area contributed by atoms with Crippen LogP contribution in [0.5, 0.6) is 0 Å². The van der Waals surface area contributed by atoms with Crippen LogP contribution in [0.25, 0.3) is 0 Å². The quantitative estimate of drug-likeness (QED) is 0.685. The van der Waals surface area contributed by atoms with E-state index in [-0.39, 0.29) is 5.91 Å². The number of amides is 1. The Morgan fingerprint density at radius 3 is 2.69 bits per heavy atom. The molecule has 0 aliphatic carbocycles. The first-order chi connectivity index (χ1) is 14.2. The van der Waals surface area contributed by atoms with E-state index in [9.17, 15) is 4.79 Å². The fourth-order valence-electron chi connectivity index (χ4n) is 3.36. The summed E-state index contributed by atoms with van der Waals surface area (Å²) in [5.74, 6) is 0.463. The van der Waals surface area contributed by atoms with Gasteiger partial charge in [-0.25, -0.2) is 4.98 Å². The number of hydrogen-bond acceptors (Lipinski definition) is 5. The Morgan fingerprint density at radius 2 is 1.86 bits per heavy atom. The maximum Gasteiger partial charge on any atom is 0.255 e. The van der Waals surface area contributed by atoms with Crippen molar-refractivity contribution < 1.29 is 9.53 Å². The number of pyridine rings is 1. The molecule has 3 aromatic rings. The molecule has 148 valence electrons. The van der Waals surface area contributed by atoms with Crippen molar-refractivity contribution >= 4 is 28.8 Å². The summed E-state index contributed by atoms with van der Waals surface area (Å²) in [5, 5.41) is 6.30. The van der Waals surface area contributed by atoms with Crippen molar-refractivity contribution in [3.8, 4) is 0 Å². The van der Waals surface area contributed by atoms with Gasteiger partial charge in [0, 0.05) is 30.5 Å². The van der Waals surface area contributed by atoms with E-state index in [1.54, 1.807) is 18.3 Å². The Labute approximate surface area is 170 Å². The third kappa shape index (κ3) is 4.73. The summed E-state index contributed by atoms with van der Waals surface area (Å²) in [6.07, 6.45) is 1.64. The maximum atomic E-state index is 12.7. The van der Waals surface area contributed by atoms with Crippen molar-refractivity contribution in [2.24, 2.45) is 0 Å². The number of benzene rings is 2. The zero-order valence-electron chi connectivity index (χ0n) is 16.4. The van der Waals surface area contributed by atoms with Gasteiger partial charge in [-0.3, -0.25) is 4.79 Å². The largest absolute Gasteiger partial charge is 0.378 e. The highest BCUT2D eigenvalue weighted by Crippen LogP contribution is 2.29. The summed E-state index contributed by atoms with van der Waals surface area (Å²) in [4.78, 5) is 19.3. The van der Waals surface area contributed by atoms with Crippen LogP contribution in [0.3, 0.4) is 0 Å². The average molecular weight is 388 g/mol. The number of aryl methyl sites for hydroxylation is 1. The lowest BCUT2D eigenvalue weighted by molar-refractivity contribution is 0.102. The van der Waals surface area contributed by atoms with Gasteiger partial charge in [-0.2, -0.15) is 0 Å². The van der Waals surface area contributed by atoms with Crippen LogP contribution in [-0.4, -0.2) is 37.2 Å². The summed E-state index contributed by atoms with van der Waals surface area (Å²) in [6.45, 7) is 5.15. The van der Waals surface area contributed by atoms with Gasteiger partial charge in [-0.05, 0) is 48.9 Å². The lowest BCUT2D eigenvalue weighted by atomic mass is 10.2. The monoisotopic (exact) mass is 388 g/mol. The molecule has 0 unspecified atom stereocenters. The second-order valence-corrected chi connectivity index (χ2v) is 6.99. The Hall–Kier alpha value is -3.38. The average Bonchev–Trinajstić information content (AvgIpc) is 2.75. The van der Waals surface area contributed by atoms with E-state index < -0.39 is 0 Å². The van der Waals surface area contributed by atoms with Crippen LogP contribution in [0.1, 0.15) is 15.9 Å². The van der Waals surface area contributed by atoms with Gasteiger partial charge in [-0.15, -0.1) is 0 Å². The SMILES string of the molecule is Cc1cccc(NC(=O)c2ccnc(Nc3ccccc3N3CCOCC3)c2)c1. The van der Waals surface area contributed by atoms with E-state index >= 15 is 0 Å². The molecule has 1 saturated heterocycles. The number of carbonyl (C=O) groups is 1. The number of morpholine rings is 1. The molecule has 29 heavy (non-hydrogen) atoms. The molecule has 2 heterocycles. The van der Waals surface area contributed by atoms with Crippen LogP contribution in [0, 0.1) is 6.92 Å². The molecule has 1 aromatic heterocycles. The molecule has 0 radical (unpaired) electrons. The van der Waals surface area contributed by atoms with Crippen LogP contribution < -0.4 is 15.5 Å². The summed E-state index contributed by atoms with van der Waals surface area (Å²) in [7, 11) is 0. The van der Waals surface area contributed by atoms with Crippen molar-refractivity contribution in [3.05, 3.63) is 78.0 Å². The number of ether oxygens (including phenoxy) is 1. The zero-order chi connectivity index (χ0) is 20.1. The highest BCUT2D eigenvalue weighted by Gasteiger charge is 2.15. The second-order valence-electron chi connectivity index (χ2n) is 6.99. The number of hydrogen-bond donors (Lipinski definition) is 2. The molecule has 4 rings (SSSR count). The predicted octanol–water partition coefficient (Wildman–Crippen LogP) is 4.22. The van der Waals surface area contributed by atoms with Crippen LogP contribution in [-0.2, 0) is 4.74 Å². The molecular weight excluding hydrogens is 364 g/mol. The van der Waals surface area contributed by atoms with E-state index in [4.69, 9.17) is 4.74 Å². The van der Waals surface area contributed by atoms with Crippen LogP contribution in [0.15, 0.2) is 66.9 Å². The molecule has 0 spiro atoms. The van der Waals surface area contributed by atoms with E-state index in [1.807, 2.05) is 49.4 Å². The Morgan fingerprint density at radius 1 is 1.03 bits per heavy atom. The van der Waals surface area contributed by atoms with Gasteiger partial charge in [-0.1, -0.05) is 24.3 Å². The summed E-state index contributed by atoms with van der Waals surface area (Å²) in [6, 6.07) is 19.3. The minimum absolute atomic E-state index is 0.164. The topological polar surface area (TPSA) is 66.5 Å². The van der Waals surface area contributed by atoms with E-state index in [1.165, 1.54) is 0 Å². The van der Waals surface area contributed by atoms with Gasteiger partial charge >= 0.3 is 0 Å². The van der Waals surface area contributed by atoms with Gasteiger partial charge in [0.15, 0.2) is 0 Å². The van der Waals surface area contributed by atoms with E-state index in [0.29, 0.717) is 11.4 Å². The fraction of sp³-hybridized carbons (Fsp3) is 0.217. The second kappa shape index (κ2) is 8.75. The van der Waals surface area contributed by atoms with Crippen LogP contribution >= 0.6 is 0 Å². The van der Waals surface area contributed by atoms with E-state index in [0.717, 1.165) is 48.9 Å². The molecule has 1 amide bonds. The number of rotatable bonds is 5. The number of carbonyl (C=O) groups excluding carboxylic acids is 1. The lowest BCUT2D eigenvalue weighted by Crippen LogP contribution is -2.36. The Bertz CT molecular complexity index is 999. The molecule has 2 aromatic carbocycles. The number of para-hydroxylation sites is 2. The third-order valence-corrected chi connectivity index (χ3v) is 4.82. The lowest BCUT2D eigenvalue weighted by Gasteiger charge is -2.30. The summed E-state index contributed by atoms with van der Waals surface area (Å²) < 4.78 is 5.46. The minimum Gasteiger partial charge on any atom is -0.378 e. The van der Waals surface area contributed by atoms with Crippen molar-refractivity contribution in [3.63, 3.8) is 0 Å². The fourth-order valence-corrected chi connectivity index (χ4v) is 3.36. The van der Waals surface area contributed by atoms with Crippen LogP contribution in [0.2, 0.25) is 0 Å². The highest BCUT2D eigenvalue weighted by molar-refractivity contribution is 6.04. The van der Waals surface area contributed by atoms with Gasteiger partial charge in [0.2, 0.25) is 0 Å². The van der Waals surface area contributed by atoms with Crippen molar-refractivity contribution in [1.82, 2.24) is 4.98 Å². The third-order valence-electron chi connectivity index (χ3n) is 4.82. The summed E-state index contributed by atoms with van der Waals surface area (Å²) in [5.41, 5.74) is 4.48. The van der Waals surface area contributed by atoms with E-state index in [2.05, 4.69) is 26.6 Å². The molecule has 1 fully saturated rings. The first-order valence-electron chi connectivity index (χ1n) is 9.72. The van der Waals surface area contributed by atoms with Gasteiger partial charge in [0.05, 0.1) is 24.6 Å². The number of aromatic nitrogens is 1.